The molecule has 0 amide bonds. The number of hydrogen-bond acceptors (Lipinski definition) is 5. The van der Waals surface area contributed by atoms with Crippen LogP contribution in [-0.2, 0) is 9.53 Å². The number of allylic oxidation sites excluding steroid dienone is 2. The molecule has 2 aliphatic carbocycles. The van der Waals surface area contributed by atoms with Gasteiger partial charge in [-0.15, -0.1) is 0 Å². The second-order valence-corrected chi connectivity index (χ2v) is 9.31. The monoisotopic (exact) mass is 406 g/mol. The van der Waals surface area contributed by atoms with Gasteiger partial charge in [0, 0.05) is 11.8 Å². The van der Waals surface area contributed by atoms with E-state index in [4.69, 9.17) is 4.74 Å². The zero-order valence-corrected chi connectivity index (χ0v) is 17.2. The zero-order valence-electron chi connectivity index (χ0n) is 17.2. The second kappa shape index (κ2) is 5.63. The van der Waals surface area contributed by atoms with Crippen molar-refractivity contribution in [3.8, 4) is 11.8 Å². The molecule has 1 saturated carbocycles. The molecule has 1 aromatic heterocycles. The van der Waals surface area contributed by atoms with Crippen LogP contribution < -0.4 is 11.4 Å². The van der Waals surface area contributed by atoms with Crippen LogP contribution in [0.3, 0.4) is 0 Å². The average molecular weight is 406 g/mol. The third-order valence-corrected chi connectivity index (χ3v) is 6.43. The van der Waals surface area contributed by atoms with Crippen molar-refractivity contribution in [1.82, 2.24) is 13.9 Å². The Labute approximate surface area is 172 Å². The van der Waals surface area contributed by atoms with Crippen LogP contribution in [0.25, 0.3) is 5.69 Å². The van der Waals surface area contributed by atoms with Gasteiger partial charge < -0.3 is 4.74 Å². The molecule has 4 aliphatic rings. The van der Waals surface area contributed by atoms with Crippen molar-refractivity contribution in [2.45, 2.75) is 45.4 Å². The third-order valence-electron chi connectivity index (χ3n) is 6.43. The summed E-state index contributed by atoms with van der Waals surface area (Å²) in [6, 6.07) is 9.89. The van der Waals surface area contributed by atoms with E-state index < -0.39 is 52.3 Å². The molecule has 0 N–H and O–H groups in total. The number of rotatable bonds is 2. The van der Waals surface area contributed by atoms with E-state index >= 15 is 0 Å². The molecule has 8 nitrogen and oxygen atoms in total. The Morgan fingerprint density at radius 1 is 1.10 bits per heavy atom. The molecule has 0 spiro atoms. The Morgan fingerprint density at radius 3 is 2.33 bits per heavy atom. The Morgan fingerprint density at radius 2 is 1.73 bits per heavy atom. The highest BCUT2D eigenvalue weighted by Gasteiger charge is 2.80. The summed E-state index contributed by atoms with van der Waals surface area (Å²) < 4.78 is 9.57. The topological polar surface area (TPSA) is 99.0 Å². The molecule has 30 heavy (non-hydrogen) atoms. The number of aromatic nitrogens is 3. The molecule has 154 valence electrons. The lowest BCUT2D eigenvalue weighted by molar-refractivity contribution is -0.160. The van der Waals surface area contributed by atoms with Gasteiger partial charge in [-0.05, 0) is 39.8 Å². The average Bonchev–Trinajstić information content (AvgIpc) is 3.31. The van der Waals surface area contributed by atoms with E-state index in [1.807, 2.05) is 19.1 Å². The van der Waals surface area contributed by atoms with Gasteiger partial charge in [-0.1, -0.05) is 29.8 Å². The number of nitrogens with zero attached hydrogens (tertiary/aromatic N) is 4. The molecule has 1 fully saturated rings. The molecule has 0 saturated heterocycles. The van der Waals surface area contributed by atoms with E-state index in [1.54, 1.807) is 45.0 Å². The predicted octanol–water partition coefficient (Wildman–Crippen LogP) is 1.95. The van der Waals surface area contributed by atoms with Gasteiger partial charge in [-0.3, -0.25) is 4.79 Å². The lowest BCUT2D eigenvalue weighted by atomic mass is 9.90. The number of esters is 1. The molecule has 5 atom stereocenters. The smallest absolute Gasteiger partial charge is 0.352 e. The van der Waals surface area contributed by atoms with Crippen molar-refractivity contribution in [1.29, 1.82) is 5.26 Å². The zero-order chi connectivity index (χ0) is 21.6. The minimum atomic E-state index is -1.36. The summed E-state index contributed by atoms with van der Waals surface area (Å²) in [6.07, 6.45) is 1.91. The standard InChI is InChI=1S/C22H22N4O4/c1-12-10-14-15-16(22(15,11-23)18(27)30-21(2,3)4)17(12)26-20(29)24(19(28)25(14)26)13-8-6-5-7-9-13/h5-10,14-17H,1-4H3/t14-,15+,16+,17+,22-/m0/s1. The number of hydrogen-bond donors (Lipinski definition) is 0. The normalized spacial score (nSPS) is 30.7. The van der Waals surface area contributed by atoms with E-state index in [2.05, 4.69) is 6.07 Å². The van der Waals surface area contributed by atoms with Crippen molar-refractivity contribution in [2.24, 2.45) is 17.3 Å². The summed E-state index contributed by atoms with van der Waals surface area (Å²) in [5.41, 5.74) is -1.65. The van der Waals surface area contributed by atoms with Crippen molar-refractivity contribution in [3.63, 3.8) is 0 Å². The summed E-state index contributed by atoms with van der Waals surface area (Å²) >= 11 is 0. The number of carbonyl (C=O) groups is 1. The Hall–Kier alpha value is -3.34. The van der Waals surface area contributed by atoms with Gasteiger partial charge in [0.1, 0.15) is 5.60 Å². The van der Waals surface area contributed by atoms with Crippen LogP contribution in [0, 0.1) is 28.6 Å². The minimum absolute atomic E-state index is 0.393. The van der Waals surface area contributed by atoms with Crippen molar-refractivity contribution in [3.05, 3.63) is 62.9 Å². The fourth-order valence-electron chi connectivity index (χ4n) is 5.31. The number of nitriles is 1. The molecule has 2 bridgehead atoms. The van der Waals surface area contributed by atoms with Crippen LogP contribution in [0.2, 0.25) is 0 Å². The molecule has 1 aromatic carbocycles. The molecule has 2 aliphatic heterocycles. The molecule has 3 heterocycles. The third kappa shape index (κ3) is 2.12. The number of benzene rings is 1. The van der Waals surface area contributed by atoms with Gasteiger partial charge in [-0.2, -0.15) is 5.26 Å². The van der Waals surface area contributed by atoms with Crippen LogP contribution in [-0.4, -0.2) is 25.5 Å². The molecule has 0 radical (unpaired) electrons. The van der Waals surface area contributed by atoms with Crippen molar-refractivity contribution >= 4 is 5.97 Å². The van der Waals surface area contributed by atoms with Crippen LogP contribution in [0.15, 0.2) is 51.6 Å². The summed E-state index contributed by atoms with van der Waals surface area (Å²) in [5, 5.41) is 10.0. The number of carbonyl (C=O) groups excluding carboxylic acids is 1. The SMILES string of the molecule is CC1=C[C@H]2[C@@H]3[C@H]([C@@H]1n1c(=O)n(-c4ccccc4)c(=O)n12)[C@@]3(C#N)C(=O)OC(C)(C)C. The quantitative estimate of drug-likeness (QED) is 0.561. The fraction of sp³-hybridized carbons (Fsp3) is 0.455. The lowest BCUT2D eigenvalue weighted by Gasteiger charge is -2.35. The van der Waals surface area contributed by atoms with E-state index in [0.717, 1.165) is 10.1 Å². The summed E-state index contributed by atoms with van der Waals surface area (Å²) in [5.74, 6) is -1.36. The van der Waals surface area contributed by atoms with Gasteiger partial charge >= 0.3 is 17.3 Å². The van der Waals surface area contributed by atoms with Crippen LogP contribution >= 0.6 is 0 Å². The molecule has 0 unspecified atom stereocenters. The number of para-hydroxylation sites is 1. The van der Waals surface area contributed by atoms with E-state index in [1.165, 1.54) is 9.36 Å². The summed E-state index contributed by atoms with van der Waals surface area (Å²) in [7, 11) is 0. The van der Waals surface area contributed by atoms with Crippen LogP contribution in [0.1, 0.15) is 39.8 Å². The van der Waals surface area contributed by atoms with Crippen molar-refractivity contribution in [2.75, 3.05) is 0 Å². The summed E-state index contributed by atoms with van der Waals surface area (Å²) in [4.78, 5) is 39.6. The minimum Gasteiger partial charge on any atom is -0.459 e. The highest BCUT2D eigenvalue weighted by atomic mass is 16.6. The van der Waals surface area contributed by atoms with Crippen LogP contribution in [0.4, 0.5) is 0 Å². The second-order valence-electron chi connectivity index (χ2n) is 9.31. The first-order valence-corrected chi connectivity index (χ1v) is 9.98. The van der Waals surface area contributed by atoms with Crippen molar-refractivity contribution < 1.29 is 9.53 Å². The van der Waals surface area contributed by atoms with Gasteiger partial charge in [-0.25, -0.2) is 23.5 Å². The highest BCUT2D eigenvalue weighted by Crippen LogP contribution is 2.73. The fourth-order valence-corrected chi connectivity index (χ4v) is 5.31. The van der Waals surface area contributed by atoms with Gasteiger partial charge in [0.15, 0.2) is 5.41 Å². The van der Waals surface area contributed by atoms with E-state index in [0.29, 0.717) is 5.69 Å². The maximum absolute atomic E-state index is 13.3. The van der Waals surface area contributed by atoms with E-state index in [9.17, 15) is 19.6 Å². The Bertz CT molecular complexity index is 1270. The lowest BCUT2D eigenvalue weighted by Crippen LogP contribution is -2.42. The maximum Gasteiger partial charge on any atom is 0.352 e. The Balaban J connectivity index is 1.67. The Kier molecular flexibility index (Phi) is 3.50. The predicted molar refractivity (Wildman–Crippen MR) is 107 cm³/mol. The summed E-state index contributed by atoms with van der Waals surface area (Å²) in [6.45, 7) is 7.15. The van der Waals surface area contributed by atoms with Gasteiger partial charge in [0.2, 0.25) is 0 Å². The van der Waals surface area contributed by atoms with E-state index in [-0.39, 0.29) is 0 Å². The highest BCUT2D eigenvalue weighted by molar-refractivity contribution is 5.86. The molecule has 6 rings (SSSR count). The van der Waals surface area contributed by atoms with Gasteiger partial charge in [0.25, 0.3) is 0 Å². The maximum atomic E-state index is 13.3. The van der Waals surface area contributed by atoms with Crippen LogP contribution in [0.5, 0.6) is 0 Å². The molecular weight excluding hydrogens is 384 g/mol. The number of ether oxygens (including phenoxy) is 1. The molecule has 8 heteroatoms. The van der Waals surface area contributed by atoms with Gasteiger partial charge in [0.05, 0.1) is 23.8 Å². The first-order chi connectivity index (χ1) is 14.1. The molecular formula is C22H22N4O4. The molecule has 2 aromatic rings. The largest absolute Gasteiger partial charge is 0.459 e. The first kappa shape index (κ1) is 18.7. The first-order valence-electron chi connectivity index (χ1n) is 9.98.